The largest absolute Gasteiger partial charge is 0.313 e. The van der Waals surface area contributed by atoms with Gasteiger partial charge in [-0.05, 0) is 53.6 Å². The Morgan fingerprint density at radius 3 is 2.70 bits per heavy atom. The molecule has 3 aromatic carbocycles. The fourth-order valence-corrected chi connectivity index (χ4v) is 7.91. The summed E-state index contributed by atoms with van der Waals surface area (Å²) in [6.45, 7) is 4.92. The summed E-state index contributed by atoms with van der Waals surface area (Å²) in [6.07, 6.45) is 0.947. The van der Waals surface area contributed by atoms with Gasteiger partial charge in [-0.3, -0.25) is 9.69 Å². The van der Waals surface area contributed by atoms with Gasteiger partial charge < -0.3 is 5.32 Å². The number of rotatable bonds is 7. The van der Waals surface area contributed by atoms with Gasteiger partial charge in [-0.2, -0.15) is 0 Å². The van der Waals surface area contributed by atoms with Crippen LogP contribution in [0.15, 0.2) is 83.8 Å². The van der Waals surface area contributed by atoms with E-state index >= 15 is 0 Å². The first kappa shape index (κ1) is 24.4. The first-order valence-corrected chi connectivity index (χ1v) is 15.1. The number of fused-ring (bicyclic) bond motifs is 2. The molecular formula is C30H27N3OS3. The van der Waals surface area contributed by atoms with Crippen LogP contribution in [0.25, 0.3) is 20.8 Å². The molecule has 0 saturated carbocycles. The van der Waals surface area contributed by atoms with Gasteiger partial charge in [0.25, 0.3) is 5.91 Å². The lowest BCUT2D eigenvalue weighted by atomic mass is 10.0. The number of nitrogens with one attached hydrogen (secondary N) is 1. The average molecular weight is 542 g/mol. The Kier molecular flexibility index (Phi) is 7.11. The van der Waals surface area contributed by atoms with Crippen LogP contribution in [0.2, 0.25) is 0 Å². The Bertz CT molecular complexity index is 1520. The number of hydrogen-bond acceptors (Lipinski definition) is 6. The maximum atomic E-state index is 13.4. The van der Waals surface area contributed by atoms with Gasteiger partial charge in [0.2, 0.25) is 0 Å². The number of thiazole rings is 1. The highest BCUT2D eigenvalue weighted by Crippen LogP contribution is 2.46. The van der Waals surface area contributed by atoms with Crippen LogP contribution >= 0.6 is 34.4 Å². The fraction of sp³-hybridized carbons (Fsp3) is 0.200. The summed E-state index contributed by atoms with van der Waals surface area (Å²) in [4.78, 5) is 23.3. The fourth-order valence-electron chi connectivity index (χ4n) is 4.80. The van der Waals surface area contributed by atoms with Crippen molar-refractivity contribution in [2.24, 2.45) is 0 Å². The van der Waals surface area contributed by atoms with Crippen LogP contribution in [-0.4, -0.2) is 28.1 Å². The Labute approximate surface area is 229 Å². The van der Waals surface area contributed by atoms with E-state index in [-0.39, 0.29) is 5.91 Å². The van der Waals surface area contributed by atoms with Gasteiger partial charge in [-0.15, -0.1) is 34.4 Å². The number of para-hydroxylation sites is 1. The van der Waals surface area contributed by atoms with Crippen molar-refractivity contribution >= 4 is 55.6 Å². The molecule has 0 fully saturated rings. The summed E-state index contributed by atoms with van der Waals surface area (Å²) in [5.41, 5.74) is 5.45. The maximum Gasteiger partial charge on any atom is 0.256 e. The summed E-state index contributed by atoms with van der Waals surface area (Å²) in [6, 6.07) is 26.8. The van der Waals surface area contributed by atoms with Crippen molar-refractivity contribution in [2.45, 2.75) is 31.3 Å². The summed E-state index contributed by atoms with van der Waals surface area (Å²) in [5, 5.41) is 5.17. The van der Waals surface area contributed by atoms with Crippen molar-refractivity contribution in [3.63, 3.8) is 0 Å². The number of amides is 1. The SMILES string of the molecule is CCSc1cccc(C(=O)Nc2sc3c(c2-c2nc4ccccc4s2)CCN(Cc2ccccc2)C3)c1. The summed E-state index contributed by atoms with van der Waals surface area (Å²) in [5.74, 6) is 0.907. The predicted octanol–water partition coefficient (Wildman–Crippen LogP) is 7.95. The minimum Gasteiger partial charge on any atom is -0.313 e. The van der Waals surface area contributed by atoms with Crippen molar-refractivity contribution in [1.82, 2.24) is 9.88 Å². The number of anilines is 1. The molecule has 37 heavy (non-hydrogen) atoms. The maximum absolute atomic E-state index is 13.4. The van der Waals surface area contributed by atoms with E-state index in [0.29, 0.717) is 5.56 Å². The van der Waals surface area contributed by atoms with Crippen molar-refractivity contribution in [2.75, 3.05) is 17.6 Å². The van der Waals surface area contributed by atoms with Crippen LogP contribution in [0.3, 0.4) is 0 Å². The van der Waals surface area contributed by atoms with E-state index in [1.54, 1.807) is 34.4 Å². The second-order valence-corrected chi connectivity index (χ2v) is 12.5. The molecule has 0 bridgehead atoms. The van der Waals surface area contributed by atoms with Crippen LogP contribution in [0, 0.1) is 0 Å². The number of thioether (sulfide) groups is 1. The van der Waals surface area contributed by atoms with Crippen molar-refractivity contribution in [3.8, 4) is 10.6 Å². The van der Waals surface area contributed by atoms with Crippen molar-refractivity contribution in [3.05, 3.63) is 100 Å². The molecule has 1 aliphatic heterocycles. The van der Waals surface area contributed by atoms with Gasteiger partial charge in [0, 0.05) is 40.5 Å². The topological polar surface area (TPSA) is 45.2 Å². The zero-order valence-electron chi connectivity index (χ0n) is 20.6. The van der Waals surface area contributed by atoms with E-state index in [2.05, 4.69) is 71.7 Å². The molecule has 5 aromatic rings. The Balaban J connectivity index is 1.35. The van der Waals surface area contributed by atoms with Crippen LogP contribution in [0.4, 0.5) is 5.00 Å². The molecule has 0 atom stereocenters. The second kappa shape index (κ2) is 10.8. The quantitative estimate of drug-likeness (QED) is 0.212. The van der Waals surface area contributed by atoms with Crippen LogP contribution in [-0.2, 0) is 19.5 Å². The average Bonchev–Trinajstić information content (AvgIpc) is 3.50. The lowest BCUT2D eigenvalue weighted by Gasteiger charge is -2.27. The van der Waals surface area contributed by atoms with E-state index < -0.39 is 0 Å². The molecule has 0 saturated heterocycles. The molecule has 7 heteroatoms. The Hall–Kier alpha value is -2.97. The molecular weight excluding hydrogens is 515 g/mol. The Morgan fingerprint density at radius 2 is 1.86 bits per heavy atom. The Morgan fingerprint density at radius 1 is 1.03 bits per heavy atom. The lowest BCUT2D eigenvalue weighted by molar-refractivity contribution is 0.102. The molecule has 1 aliphatic rings. The van der Waals surface area contributed by atoms with E-state index in [0.717, 1.165) is 57.8 Å². The lowest BCUT2D eigenvalue weighted by Crippen LogP contribution is -2.29. The minimum atomic E-state index is -0.0688. The first-order valence-electron chi connectivity index (χ1n) is 12.5. The van der Waals surface area contributed by atoms with E-state index in [1.165, 1.54) is 20.7 Å². The number of carbonyl (C=O) groups excluding carboxylic acids is 1. The number of nitrogens with zero attached hydrogens (tertiary/aromatic N) is 2. The molecule has 4 nitrogen and oxygen atoms in total. The summed E-state index contributed by atoms with van der Waals surface area (Å²) >= 11 is 5.16. The predicted molar refractivity (Wildman–Crippen MR) is 158 cm³/mol. The normalized spacial score (nSPS) is 13.5. The highest BCUT2D eigenvalue weighted by Gasteiger charge is 2.28. The molecule has 3 heterocycles. The summed E-state index contributed by atoms with van der Waals surface area (Å²) in [7, 11) is 0. The molecule has 0 aliphatic carbocycles. The van der Waals surface area contributed by atoms with Gasteiger partial charge in [0.15, 0.2) is 0 Å². The van der Waals surface area contributed by atoms with Crippen molar-refractivity contribution < 1.29 is 4.79 Å². The zero-order chi connectivity index (χ0) is 25.2. The molecule has 2 aromatic heterocycles. The summed E-state index contributed by atoms with van der Waals surface area (Å²) < 4.78 is 1.17. The third-order valence-corrected chi connectivity index (χ3v) is 9.59. The van der Waals surface area contributed by atoms with Gasteiger partial charge in [0.05, 0.1) is 10.2 Å². The highest BCUT2D eigenvalue weighted by molar-refractivity contribution is 7.99. The molecule has 1 N–H and O–H groups in total. The number of carbonyl (C=O) groups is 1. The van der Waals surface area contributed by atoms with Crippen LogP contribution < -0.4 is 5.32 Å². The minimum absolute atomic E-state index is 0.0688. The number of hydrogen-bond donors (Lipinski definition) is 1. The standard InChI is InChI=1S/C30H27N3OS3/c1-2-35-22-12-8-11-21(17-22)28(34)32-30-27(29-31-24-13-6-7-14-25(24)36-29)23-15-16-33(19-26(23)37-30)18-20-9-4-3-5-10-20/h3-14,17H,2,15-16,18-19H2,1H3,(H,32,34). The van der Waals surface area contributed by atoms with Crippen molar-refractivity contribution in [1.29, 1.82) is 0 Å². The molecule has 0 spiro atoms. The number of aromatic nitrogens is 1. The molecule has 0 radical (unpaired) electrons. The molecule has 1 amide bonds. The third kappa shape index (κ3) is 5.22. The third-order valence-electron chi connectivity index (χ3n) is 6.53. The van der Waals surface area contributed by atoms with Gasteiger partial charge in [0.1, 0.15) is 10.0 Å². The van der Waals surface area contributed by atoms with E-state index in [4.69, 9.17) is 4.98 Å². The van der Waals surface area contributed by atoms with Gasteiger partial charge in [-0.1, -0.05) is 55.5 Å². The number of thiophene rings is 1. The van der Waals surface area contributed by atoms with Crippen LogP contribution in [0.5, 0.6) is 0 Å². The first-order chi connectivity index (χ1) is 18.2. The number of benzene rings is 3. The van der Waals surface area contributed by atoms with E-state index in [9.17, 15) is 4.79 Å². The smallest absolute Gasteiger partial charge is 0.256 e. The van der Waals surface area contributed by atoms with E-state index in [1.807, 2.05) is 24.3 Å². The molecule has 6 rings (SSSR count). The van der Waals surface area contributed by atoms with Gasteiger partial charge in [-0.25, -0.2) is 4.98 Å². The van der Waals surface area contributed by atoms with Crippen LogP contribution in [0.1, 0.15) is 33.3 Å². The highest BCUT2D eigenvalue weighted by atomic mass is 32.2. The molecule has 186 valence electrons. The monoisotopic (exact) mass is 541 g/mol. The van der Waals surface area contributed by atoms with Gasteiger partial charge >= 0.3 is 0 Å². The zero-order valence-corrected chi connectivity index (χ0v) is 23.0. The molecule has 0 unspecified atom stereocenters. The second-order valence-electron chi connectivity index (χ2n) is 9.06.